The molecule has 8 heteroatoms. The van der Waals surface area contributed by atoms with Gasteiger partial charge in [0.05, 0.1) is 6.10 Å². The lowest BCUT2D eigenvalue weighted by atomic mass is 9.86. The molecule has 4 atom stereocenters. The van der Waals surface area contributed by atoms with E-state index in [4.69, 9.17) is 16.3 Å². The molecule has 35 heavy (non-hydrogen) atoms. The third-order valence-corrected chi connectivity index (χ3v) is 5.59. The van der Waals surface area contributed by atoms with Crippen LogP contribution in [0, 0.1) is 11.3 Å². The largest absolute Gasteiger partial charge is 0.458 e. The molecule has 0 aromatic rings. The molecule has 0 aromatic heterocycles. The molecule has 2 amide bonds. The smallest absolute Gasteiger partial charge is 0.333 e. The second kappa shape index (κ2) is 14.7. The van der Waals surface area contributed by atoms with Gasteiger partial charge in [-0.1, -0.05) is 75.8 Å². The molecule has 1 aliphatic heterocycles. The van der Waals surface area contributed by atoms with E-state index in [-0.39, 0.29) is 23.9 Å². The molecule has 0 unspecified atom stereocenters. The van der Waals surface area contributed by atoms with E-state index in [2.05, 4.69) is 10.6 Å². The fraction of sp³-hybridized carbons (Fsp3) is 0.519. The average Bonchev–Trinajstić information content (AvgIpc) is 2.77. The van der Waals surface area contributed by atoms with Crippen molar-refractivity contribution in [3.05, 3.63) is 59.3 Å². The van der Waals surface area contributed by atoms with E-state index in [0.717, 1.165) is 0 Å². The fourth-order valence-electron chi connectivity index (χ4n) is 3.19. The van der Waals surface area contributed by atoms with Crippen LogP contribution in [0.4, 0.5) is 0 Å². The normalized spacial score (nSPS) is 20.0. The van der Waals surface area contributed by atoms with Gasteiger partial charge in [-0.25, -0.2) is 4.79 Å². The van der Waals surface area contributed by atoms with Crippen molar-refractivity contribution in [1.82, 2.24) is 10.6 Å². The summed E-state index contributed by atoms with van der Waals surface area (Å²) < 4.78 is 5.40. The molecule has 0 aromatic carbocycles. The first-order valence-corrected chi connectivity index (χ1v) is 12.2. The molecule has 1 rings (SSSR count). The number of aliphatic hydroxyl groups excluding tert-OH is 1. The maximum Gasteiger partial charge on any atom is 0.333 e. The van der Waals surface area contributed by atoms with E-state index in [9.17, 15) is 19.5 Å². The fourth-order valence-corrected chi connectivity index (χ4v) is 3.28. The number of ether oxygens (including phenoxy) is 1. The second-order valence-electron chi connectivity index (χ2n) is 9.80. The van der Waals surface area contributed by atoms with Gasteiger partial charge in [-0.05, 0) is 38.3 Å². The Balaban J connectivity index is 2.60. The SMILES string of the molecule is CC1=CC[C@@H]([C@@H](C)/C=C\C=C/C(=O)N[C@H](C(=O)N/C=C\C[C@@H](O)C/C=C(\C)Cl)C(C)(C)C)OC1=O. The molecule has 1 aliphatic rings. The predicted octanol–water partition coefficient (Wildman–Crippen LogP) is 4.44. The number of esters is 1. The summed E-state index contributed by atoms with van der Waals surface area (Å²) in [7, 11) is 0. The third-order valence-electron chi connectivity index (χ3n) is 5.43. The Kier molecular flexibility index (Phi) is 12.8. The first-order valence-electron chi connectivity index (χ1n) is 11.8. The lowest BCUT2D eigenvalue weighted by Crippen LogP contribution is -2.52. The summed E-state index contributed by atoms with van der Waals surface area (Å²) in [5.74, 6) is -1.06. The molecule has 3 N–H and O–H groups in total. The maximum absolute atomic E-state index is 12.7. The van der Waals surface area contributed by atoms with E-state index in [1.165, 1.54) is 12.3 Å². The third kappa shape index (κ3) is 12.1. The van der Waals surface area contributed by atoms with Crippen molar-refractivity contribution in [2.75, 3.05) is 0 Å². The lowest BCUT2D eigenvalue weighted by molar-refractivity contribution is -0.147. The van der Waals surface area contributed by atoms with Crippen LogP contribution < -0.4 is 10.6 Å². The van der Waals surface area contributed by atoms with Crippen LogP contribution >= 0.6 is 11.6 Å². The highest BCUT2D eigenvalue weighted by Crippen LogP contribution is 2.21. The molecule has 0 saturated carbocycles. The summed E-state index contributed by atoms with van der Waals surface area (Å²) in [4.78, 5) is 36.8. The van der Waals surface area contributed by atoms with Gasteiger partial charge >= 0.3 is 5.97 Å². The predicted molar refractivity (Wildman–Crippen MR) is 139 cm³/mol. The minimum atomic E-state index is -0.768. The van der Waals surface area contributed by atoms with Crippen molar-refractivity contribution >= 4 is 29.4 Å². The highest BCUT2D eigenvalue weighted by Gasteiger charge is 2.31. The summed E-state index contributed by atoms with van der Waals surface area (Å²) in [5.41, 5.74) is 0.0964. The Morgan fingerprint density at radius 3 is 2.57 bits per heavy atom. The highest BCUT2D eigenvalue weighted by atomic mass is 35.5. The minimum Gasteiger partial charge on any atom is -0.458 e. The summed E-state index contributed by atoms with van der Waals surface area (Å²) in [6, 6.07) is -0.768. The van der Waals surface area contributed by atoms with Crippen LogP contribution in [0.1, 0.15) is 60.8 Å². The van der Waals surface area contributed by atoms with Crippen molar-refractivity contribution < 1.29 is 24.2 Å². The minimum absolute atomic E-state index is 0.00982. The number of carbonyl (C=O) groups is 3. The van der Waals surface area contributed by atoms with Gasteiger partial charge in [0, 0.05) is 29.0 Å². The monoisotopic (exact) mass is 506 g/mol. The number of cyclic esters (lactones) is 1. The number of hydrogen-bond donors (Lipinski definition) is 3. The van der Waals surface area contributed by atoms with Gasteiger partial charge in [-0.15, -0.1) is 0 Å². The molecule has 0 bridgehead atoms. The Hall–Kier alpha value is -2.64. The molecule has 7 nitrogen and oxygen atoms in total. The standard InChI is InChI=1S/C27H39ClN2O5/c1-18(22-16-13-19(2)26(34)35-22)10-7-8-12-23(32)30-24(27(4,5)6)25(33)29-17-9-11-21(31)15-14-20(3)28/h7-10,12-14,17-18,21-22,24,31H,11,15-16H2,1-6H3,(H,29,33)(H,30,32)/b10-7-,12-8-,17-9-,20-14+/t18-,21+,22-,24+/m0/s1. The number of halogens is 1. The van der Waals surface area contributed by atoms with Crippen LogP contribution in [-0.4, -0.2) is 41.1 Å². The number of carbonyl (C=O) groups excluding carboxylic acids is 3. The Morgan fingerprint density at radius 1 is 1.29 bits per heavy atom. The van der Waals surface area contributed by atoms with Gasteiger partial charge in [-0.2, -0.15) is 0 Å². The van der Waals surface area contributed by atoms with E-state index < -0.39 is 23.5 Å². The van der Waals surface area contributed by atoms with E-state index >= 15 is 0 Å². The molecular weight excluding hydrogens is 468 g/mol. The molecule has 194 valence electrons. The molecule has 0 saturated heterocycles. The van der Waals surface area contributed by atoms with Crippen molar-refractivity contribution in [2.45, 2.75) is 79.1 Å². The lowest BCUT2D eigenvalue weighted by Gasteiger charge is -2.29. The van der Waals surface area contributed by atoms with Crippen LogP contribution in [0.3, 0.4) is 0 Å². The summed E-state index contributed by atoms with van der Waals surface area (Å²) in [6.07, 6.45) is 13.9. The van der Waals surface area contributed by atoms with E-state index in [0.29, 0.717) is 29.9 Å². The zero-order valence-electron chi connectivity index (χ0n) is 21.5. The number of nitrogens with one attached hydrogen (secondary N) is 2. The van der Waals surface area contributed by atoms with Crippen LogP contribution in [0.5, 0.6) is 0 Å². The van der Waals surface area contributed by atoms with Crippen molar-refractivity contribution in [3.63, 3.8) is 0 Å². The van der Waals surface area contributed by atoms with Gasteiger partial charge in [0.25, 0.3) is 0 Å². The van der Waals surface area contributed by atoms with Crippen molar-refractivity contribution in [3.8, 4) is 0 Å². The summed E-state index contributed by atoms with van der Waals surface area (Å²) in [6.45, 7) is 11.0. The van der Waals surface area contributed by atoms with Gasteiger partial charge in [0.15, 0.2) is 0 Å². The van der Waals surface area contributed by atoms with E-state index in [1.807, 2.05) is 39.8 Å². The van der Waals surface area contributed by atoms with Gasteiger partial charge in [-0.3, -0.25) is 9.59 Å². The number of allylic oxidation sites excluding steroid dienone is 3. The summed E-state index contributed by atoms with van der Waals surface area (Å²) in [5, 5.41) is 15.9. The Bertz CT molecular complexity index is 892. The molecule has 0 radical (unpaired) electrons. The van der Waals surface area contributed by atoms with Crippen molar-refractivity contribution in [2.24, 2.45) is 11.3 Å². The van der Waals surface area contributed by atoms with Gasteiger partial charge in [0.2, 0.25) is 11.8 Å². The zero-order chi connectivity index (χ0) is 26.6. The number of aliphatic hydroxyl groups is 1. The summed E-state index contributed by atoms with van der Waals surface area (Å²) >= 11 is 5.75. The topological polar surface area (TPSA) is 105 Å². The second-order valence-corrected chi connectivity index (χ2v) is 10.4. The molecule has 0 aliphatic carbocycles. The number of hydrogen-bond acceptors (Lipinski definition) is 5. The quantitative estimate of drug-likeness (QED) is 0.218. The van der Waals surface area contributed by atoms with Crippen LogP contribution in [0.15, 0.2) is 59.3 Å². The van der Waals surface area contributed by atoms with Crippen LogP contribution in [0.25, 0.3) is 0 Å². The highest BCUT2D eigenvalue weighted by molar-refractivity contribution is 6.29. The Labute approximate surface area is 214 Å². The molecule has 1 heterocycles. The molecule has 0 spiro atoms. The number of rotatable bonds is 11. The first-order chi connectivity index (χ1) is 16.3. The van der Waals surface area contributed by atoms with Crippen molar-refractivity contribution in [1.29, 1.82) is 0 Å². The van der Waals surface area contributed by atoms with Crippen LogP contribution in [0.2, 0.25) is 0 Å². The molecule has 0 fully saturated rings. The van der Waals surface area contributed by atoms with Gasteiger partial charge in [0.1, 0.15) is 12.1 Å². The average molecular weight is 507 g/mol. The van der Waals surface area contributed by atoms with Gasteiger partial charge < -0.3 is 20.5 Å². The molecular formula is C27H39ClN2O5. The maximum atomic E-state index is 12.7. The number of amides is 2. The zero-order valence-corrected chi connectivity index (χ0v) is 22.3. The Morgan fingerprint density at radius 2 is 1.97 bits per heavy atom. The van der Waals surface area contributed by atoms with E-state index in [1.54, 1.807) is 38.2 Å². The first kappa shape index (κ1) is 30.4. The van der Waals surface area contributed by atoms with Crippen LogP contribution in [-0.2, 0) is 19.1 Å².